The van der Waals surface area contributed by atoms with Crippen LogP contribution in [0.1, 0.15) is 49.0 Å². The SMILES string of the molecule is COc1cc2c(cc1OC)C1=NC(=O)[C@H](CC3CCCCC3)N1C(SCc1cnc(Cl)s1)=N2. The van der Waals surface area contributed by atoms with Crippen LogP contribution in [-0.4, -0.2) is 47.1 Å². The Morgan fingerprint density at radius 3 is 2.61 bits per heavy atom. The lowest BCUT2D eigenvalue weighted by atomic mass is 9.84. The van der Waals surface area contributed by atoms with Crippen molar-refractivity contribution in [1.29, 1.82) is 0 Å². The summed E-state index contributed by atoms with van der Waals surface area (Å²) in [7, 11) is 3.20. The highest BCUT2D eigenvalue weighted by Crippen LogP contribution is 2.42. The van der Waals surface area contributed by atoms with E-state index >= 15 is 0 Å². The van der Waals surface area contributed by atoms with E-state index in [4.69, 9.17) is 26.1 Å². The van der Waals surface area contributed by atoms with E-state index in [0.29, 0.717) is 33.5 Å². The topological polar surface area (TPSA) is 76.4 Å². The number of thiazole rings is 1. The monoisotopic (exact) mass is 504 g/mol. The minimum absolute atomic E-state index is 0.0904. The van der Waals surface area contributed by atoms with Crippen LogP contribution in [0.15, 0.2) is 28.3 Å². The first-order valence-corrected chi connectivity index (χ1v) is 13.2. The van der Waals surface area contributed by atoms with Crippen molar-refractivity contribution in [3.8, 4) is 11.5 Å². The molecule has 10 heteroatoms. The van der Waals surface area contributed by atoms with Gasteiger partial charge in [0.05, 0.1) is 19.9 Å². The Morgan fingerprint density at radius 2 is 1.91 bits per heavy atom. The van der Waals surface area contributed by atoms with Gasteiger partial charge in [-0.05, 0) is 18.4 Å². The zero-order valence-electron chi connectivity index (χ0n) is 18.5. The number of hydrogen-bond acceptors (Lipinski definition) is 8. The molecule has 1 aromatic carbocycles. The molecular weight excluding hydrogens is 480 g/mol. The van der Waals surface area contributed by atoms with Gasteiger partial charge in [0.1, 0.15) is 11.9 Å². The Morgan fingerprint density at radius 1 is 1.15 bits per heavy atom. The van der Waals surface area contributed by atoms with E-state index in [1.54, 1.807) is 32.2 Å². The number of rotatable bonds is 6. The smallest absolute Gasteiger partial charge is 0.270 e. The zero-order chi connectivity index (χ0) is 22.9. The number of amides is 1. The maximum Gasteiger partial charge on any atom is 0.270 e. The number of methoxy groups -OCH3 is 2. The van der Waals surface area contributed by atoms with Crippen LogP contribution in [0.25, 0.3) is 0 Å². The highest BCUT2D eigenvalue weighted by molar-refractivity contribution is 8.13. The summed E-state index contributed by atoms with van der Waals surface area (Å²) in [5.74, 6) is 2.95. The molecule has 2 aliphatic heterocycles. The van der Waals surface area contributed by atoms with Crippen molar-refractivity contribution in [3.05, 3.63) is 33.2 Å². The lowest BCUT2D eigenvalue weighted by Crippen LogP contribution is -2.44. The number of nitrogens with zero attached hydrogens (tertiary/aromatic N) is 4. The van der Waals surface area contributed by atoms with E-state index in [-0.39, 0.29) is 11.9 Å². The molecule has 1 fully saturated rings. The first-order valence-electron chi connectivity index (χ1n) is 11.1. The standard InChI is InChI=1S/C23H25ClN4O3S2/c1-30-18-9-15-16(10-19(18)31-2)26-23(32-12-14-11-25-22(24)33-14)28-17(21(29)27-20(15)28)8-13-6-4-3-5-7-13/h9-11,13,17H,3-8,12H2,1-2H3/t17-/m0/s1. The van der Waals surface area contributed by atoms with Gasteiger partial charge in [-0.3, -0.25) is 9.69 Å². The van der Waals surface area contributed by atoms with Crippen LogP contribution in [0.2, 0.25) is 4.47 Å². The Bertz CT molecular complexity index is 1130. The second-order valence-electron chi connectivity index (χ2n) is 8.39. The van der Waals surface area contributed by atoms with Crippen LogP contribution in [0, 0.1) is 5.92 Å². The average Bonchev–Trinajstić information content (AvgIpc) is 3.40. The van der Waals surface area contributed by atoms with Gasteiger partial charge < -0.3 is 9.47 Å². The number of carbonyl (C=O) groups is 1. The fourth-order valence-electron chi connectivity index (χ4n) is 4.73. The first-order chi connectivity index (χ1) is 16.1. The summed E-state index contributed by atoms with van der Waals surface area (Å²) < 4.78 is 11.5. The highest BCUT2D eigenvalue weighted by Gasteiger charge is 2.43. The minimum Gasteiger partial charge on any atom is -0.493 e. The second kappa shape index (κ2) is 9.64. The Balaban J connectivity index is 1.51. The van der Waals surface area contributed by atoms with Gasteiger partial charge in [-0.1, -0.05) is 55.5 Å². The molecule has 174 valence electrons. The fraction of sp³-hybridized carbons (Fsp3) is 0.478. The van der Waals surface area contributed by atoms with Gasteiger partial charge in [-0.2, -0.15) is 4.99 Å². The third-order valence-corrected chi connectivity index (χ3v) is 8.66. The maximum absolute atomic E-state index is 13.2. The summed E-state index contributed by atoms with van der Waals surface area (Å²) in [6.45, 7) is 0. The summed E-state index contributed by atoms with van der Waals surface area (Å²) >= 11 is 9.05. The molecular formula is C23H25ClN4O3S2. The molecule has 3 aliphatic rings. The number of ether oxygens (including phenoxy) is 2. The fourth-order valence-corrected chi connectivity index (χ4v) is 6.78. The molecule has 1 atom stereocenters. The Labute approximate surface area is 206 Å². The zero-order valence-corrected chi connectivity index (χ0v) is 20.9. The number of amidine groups is 2. The number of thioether (sulfide) groups is 1. The van der Waals surface area contributed by atoms with E-state index in [0.717, 1.165) is 27.7 Å². The molecule has 2 aromatic rings. The third-order valence-electron chi connectivity index (χ3n) is 6.36. The molecule has 7 nitrogen and oxygen atoms in total. The van der Waals surface area contributed by atoms with E-state index in [1.165, 1.54) is 43.4 Å². The number of aliphatic imine (C=N–C) groups is 2. The van der Waals surface area contributed by atoms with E-state index < -0.39 is 0 Å². The number of hydrogen-bond donors (Lipinski definition) is 0. The molecule has 1 aromatic heterocycles. The molecule has 0 unspecified atom stereocenters. The van der Waals surface area contributed by atoms with E-state index in [1.807, 2.05) is 17.0 Å². The van der Waals surface area contributed by atoms with Crippen molar-refractivity contribution in [2.24, 2.45) is 15.9 Å². The number of halogens is 1. The molecule has 1 saturated carbocycles. The molecule has 3 heterocycles. The molecule has 0 radical (unpaired) electrons. The summed E-state index contributed by atoms with van der Waals surface area (Å²) in [5, 5.41) is 0.768. The minimum atomic E-state index is -0.319. The Hall–Kier alpha value is -2.10. The van der Waals surface area contributed by atoms with Gasteiger partial charge in [-0.15, -0.1) is 11.3 Å². The van der Waals surface area contributed by atoms with Gasteiger partial charge >= 0.3 is 0 Å². The normalized spacial score (nSPS) is 20.3. The van der Waals surface area contributed by atoms with Crippen LogP contribution in [0.3, 0.4) is 0 Å². The van der Waals surface area contributed by atoms with Crippen molar-refractivity contribution in [2.45, 2.75) is 50.3 Å². The van der Waals surface area contributed by atoms with Crippen LogP contribution in [0.5, 0.6) is 11.5 Å². The molecule has 0 spiro atoms. The Kier molecular flexibility index (Phi) is 6.62. The van der Waals surface area contributed by atoms with Gasteiger partial charge in [0.2, 0.25) is 0 Å². The molecule has 0 N–H and O–H groups in total. The average molecular weight is 505 g/mol. The van der Waals surface area contributed by atoms with Crippen LogP contribution in [-0.2, 0) is 10.5 Å². The molecule has 5 rings (SSSR count). The lowest BCUT2D eigenvalue weighted by molar-refractivity contribution is -0.120. The quantitative estimate of drug-likeness (QED) is 0.504. The summed E-state index contributed by atoms with van der Waals surface area (Å²) in [4.78, 5) is 29.9. The molecule has 33 heavy (non-hydrogen) atoms. The van der Waals surface area contributed by atoms with Crippen LogP contribution >= 0.6 is 34.7 Å². The summed E-state index contributed by atoms with van der Waals surface area (Å²) in [6.07, 6.45) is 8.70. The van der Waals surface area contributed by atoms with Crippen LogP contribution < -0.4 is 9.47 Å². The van der Waals surface area contributed by atoms with Crippen molar-refractivity contribution < 1.29 is 14.3 Å². The molecule has 1 amide bonds. The lowest BCUT2D eigenvalue weighted by Gasteiger charge is -2.33. The summed E-state index contributed by atoms with van der Waals surface area (Å²) in [5.41, 5.74) is 1.51. The van der Waals surface area contributed by atoms with Crippen molar-refractivity contribution in [2.75, 3.05) is 14.2 Å². The van der Waals surface area contributed by atoms with Gasteiger partial charge in [0.15, 0.2) is 21.1 Å². The largest absolute Gasteiger partial charge is 0.493 e. The molecule has 0 bridgehead atoms. The van der Waals surface area contributed by atoms with Crippen molar-refractivity contribution in [1.82, 2.24) is 9.88 Å². The summed E-state index contributed by atoms with van der Waals surface area (Å²) in [6, 6.07) is 3.39. The van der Waals surface area contributed by atoms with Crippen molar-refractivity contribution >= 4 is 57.3 Å². The molecule has 0 saturated heterocycles. The van der Waals surface area contributed by atoms with Crippen molar-refractivity contribution in [3.63, 3.8) is 0 Å². The number of aromatic nitrogens is 1. The van der Waals surface area contributed by atoms with Gasteiger partial charge in [0, 0.05) is 28.5 Å². The second-order valence-corrected chi connectivity index (χ2v) is 11.0. The van der Waals surface area contributed by atoms with Gasteiger partial charge in [0.25, 0.3) is 5.91 Å². The van der Waals surface area contributed by atoms with Gasteiger partial charge in [-0.25, -0.2) is 9.98 Å². The number of carbonyl (C=O) groups excluding carboxylic acids is 1. The van der Waals surface area contributed by atoms with Crippen LogP contribution in [0.4, 0.5) is 5.69 Å². The number of fused-ring (bicyclic) bond motifs is 3. The maximum atomic E-state index is 13.2. The first kappa shape index (κ1) is 22.7. The molecule has 1 aliphatic carbocycles. The predicted octanol–water partition coefficient (Wildman–Crippen LogP) is 5.68. The highest BCUT2D eigenvalue weighted by atomic mass is 35.5. The number of benzene rings is 1. The van der Waals surface area contributed by atoms with E-state index in [2.05, 4.69) is 9.98 Å². The van der Waals surface area contributed by atoms with E-state index in [9.17, 15) is 4.79 Å². The predicted molar refractivity (Wildman–Crippen MR) is 133 cm³/mol. The third kappa shape index (κ3) is 4.50.